The van der Waals surface area contributed by atoms with Crippen LogP contribution in [0.3, 0.4) is 0 Å². The Kier molecular flexibility index (Phi) is 5.13. The third-order valence-electron chi connectivity index (χ3n) is 7.65. The second-order valence-electron chi connectivity index (χ2n) is 9.63. The average Bonchev–Trinajstić information content (AvgIpc) is 2.97. The maximum atomic E-state index is 10.7. The summed E-state index contributed by atoms with van der Waals surface area (Å²) in [7, 11) is 0. The van der Waals surface area contributed by atoms with E-state index in [1.165, 1.54) is 0 Å². The first-order valence-electron chi connectivity index (χ1n) is 11.2. The van der Waals surface area contributed by atoms with Crippen LogP contribution in [0, 0.1) is 23.7 Å². The number of rotatable bonds is 4. The van der Waals surface area contributed by atoms with E-state index in [1.54, 1.807) is 6.08 Å². The summed E-state index contributed by atoms with van der Waals surface area (Å²) in [6.45, 7) is 6.36. The summed E-state index contributed by atoms with van der Waals surface area (Å²) in [6, 6.07) is 7.30. The zero-order valence-electron chi connectivity index (χ0n) is 18.2. The van der Waals surface area contributed by atoms with Crippen molar-refractivity contribution >= 4 is 12.0 Å². The van der Waals surface area contributed by atoms with Gasteiger partial charge >= 0.3 is 5.97 Å². The molecule has 1 N–H and O–H groups in total. The molecule has 5 fully saturated rings. The van der Waals surface area contributed by atoms with Crippen LogP contribution in [0.1, 0.15) is 52.0 Å². The molecular formula is C24H30O7. The second-order valence-corrected chi connectivity index (χ2v) is 9.63. The Morgan fingerprint density at radius 3 is 2.65 bits per heavy atom. The van der Waals surface area contributed by atoms with Gasteiger partial charge in [-0.1, -0.05) is 26.0 Å². The fourth-order valence-corrected chi connectivity index (χ4v) is 5.97. The molecule has 4 saturated heterocycles. The molecule has 31 heavy (non-hydrogen) atoms. The zero-order valence-corrected chi connectivity index (χ0v) is 18.2. The highest BCUT2D eigenvalue weighted by Crippen LogP contribution is 2.60. The number of benzene rings is 1. The fourth-order valence-electron chi connectivity index (χ4n) is 5.97. The van der Waals surface area contributed by atoms with E-state index in [4.69, 9.17) is 29.1 Å². The van der Waals surface area contributed by atoms with Gasteiger partial charge in [-0.25, -0.2) is 14.6 Å². The number of carbonyl (C=O) groups is 1. The number of carboxylic acid groups (broad SMARTS) is 1. The van der Waals surface area contributed by atoms with Gasteiger partial charge in [0.1, 0.15) is 5.75 Å². The topological polar surface area (TPSA) is 83.5 Å². The number of aliphatic carboxylic acids is 1. The van der Waals surface area contributed by atoms with Gasteiger partial charge in [0.2, 0.25) is 12.1 Å². The molecule has 0 amide bonds. The summed E-state index contributed by atoms with van der Waals surface area (Å²) in [6.07, 6.45) is 5.59. The molecule has 0 radical (unpaired) electrons. The Hall–Kier alpha value is -1.93. The number of hydrogen-bond acceptors (Lipinski definition) is 6. The van der Waals surface area contributed by atoms with Crippen LogP contribution in [0.25, 0.3) is 6.08 Å². The molecule has 6 rings (SSSR count). The quantitative estimate of drug-likeness (QED) is 0.561. The second kappa shape index (κ2) is 7.59. The van der Waals surface area contributed by atoms with Crippen molar-refractivity contribution in [2.75, 3.05) is 0 Å². The van der Waals surface area contributed by atoms with Crippen LogP contribution in [-0.4, -0.2) is 35.0 Å². The molecule has 1 aromatic rings. The number of hydrogen-bond donors (Lipinski definition) is 1. The molecule has 8 atom stereocenters. The van der Waals surface area contributed by atoms with Crippen LogP contribution in [0.2, 0.25) is 0 Å². The van der Waals surface area contributed by atoms with Crippen molar-refractivity contribution in [1.82, 2.24) is 0 Å². The SMILES string of the molecule is C[C@H]1[C@@H](Oc2ccc(/C=C/C(=O)O)cc2)O[C@@H]2O[C@@]3(C)CC[C@H]4[C@H](C)CC[C@@H]1[C@@]24OO3. The third-order valence-corrected chi connectivity index (χ3v) is 7.65. The van der Waals surface area contributed by atoms with E-state index in [2.05, 4.69) is 13.8 Å². The molecule has 168 valence electrons. The van der Waals surface area contributed by atoms with Crippen molar-refractivity contribution in [1.29, 1.82) is 0 Å². The van der Waals surface area contributed by atoms with Gasteiger partial charge in [0.25, 0.3) is 0 Å². The summed E-state index contributed by atoms with van der Waals surface area (Å²) >= 11 is 0. The van der Waals surface area contributed by atoms with Gasteiger partial charge in [-0.2, -0.15) is 0 Å². The molecule has 1 spiro atoms. The van der Waals surface area contributed by atoms with Gasteiger partial charge in [0, 0.05) is 24.3 Å². The van der Waals surface area contributed by atoms with Crippen LogP contribution in [0.4, 0.5) is 0 Å². The smallest absolute Gasteiger partial charge is 0.328 e. The molecule has 1 aromatic carbocycles. The molecular weight excluding hydrogens is 400 g/mol. The first-order chi connectivity index (χ1) is 14.8. The van der Waals surface area contributed by atoms with Crippen LogP contribution in [-0.2, 0) is 24.0 Å². The molecule has 0 aromatic heterocycles. The predicted molar refractivity (Wildman–Crippen MR) is 111 cm³/mol. The third kappa shape index (κ3) is 3.48. The monoisotopic (exact) mass is 430 g/mol. The first kappa shape index (κ1) is 20.9. The Morgan fingerprint density at radius 1 is 1.13 bits per heavy atom. The Bertz CT molecular complexity index is 867. The van der Waals surface area contributed by atoms with Crippen molar-refractivity contribution < 1.29 is 33.9 Å². The summed E-state index contributed by atoms with van der Waals surface area (Å²) in [4.78, 5) is 22.7. The van der Waals surface area contributed by atoms with E-state index in [0.29, 0.717) is 17.6 Å². The van der Waals surface area contributed by atoms with Crippen molar-refractivity contribution in [3.8, 4) is 5.75 Å². The molecule has 0 unspecified atom stereocenters. The van der Waals surface area contributed by atoms with E-state index >= 15 is 0 Å². The number of ether oxygens (including phenoxy) is 3. The molecule has 4 aliphatic heterocycles. The molecule has 7 nitrogen and oxygen atoms in total. The van der Waals surface area contributed by atoms with E-state index in [-0.39, 0.29) is 11.8 Å². The minimum absolute atomic E-state index is 0.0903. The molecule has 4 heterocycles. The Morgan fingerprint density at radius 2 is 1.90 bits per heavy atom. The van der Waals surface area contributed by atoms with Gasteiger partial charge in [0.15, 0.2) is 11.9 Å². The van der Waals surface area contributed by atoms with E-state index in [9.17, 15) is 4.79 Å². The Balaban J connectivity index is 1.39. The lowest BCUT2D eigenvalue weighted by Gasteiger charge is -2.60. The van der Waals surface area contributed by atoms with Crippen LogP contribution >= 0.6 is 0 Å². The molecule has 1 saturated carbocycles. The van der Waals surface area contributed by atoms with Gasteiger partial charge < -0.3 is 19.3 Å². The summed E-state index contributed by atoms with van der Waals surface area (Å²) in [5.41, 5.74) is 0.191. The van der Waals surface area contributed by atoms with Crippen molar-refractivity contribution in [2.45, 2.75) is 70.4 Å². The van der Waals surface area contributed by atoms with Crippen LogP contribution < -0.4 is 4.74 Å². The van der Waals surface area contributed by atoms with Crippen LogP contribution in [0.15, 0.2) is 30.3 Å². The highest BCUT2D eigenvalue weighted by atomic mass is 17.3. The highest BCUT2D eigenvalue weighted by Gasteiger charge is 2.69. The van der Waals surface area contributed by atoms with E-state index < -0.39 is 29.9 Å². The van der Waals surface area contributed by atoms with E-state index in [0.717, 1.165) is 37.3 Å². The minimum Gasteiger partial charge on any atom is -0.478 e. The summed E-state index contributed by atoms with van der Waals surface area (Å²) < 4.78 is 19.0. The van der Waals surface area contributed by atoms with Gasteiger partial charge in [-0.15, -0.1) is 0 Å². The number of fused-ring (bicyclic) bond motifs is 2. The maximum Gasteiger partial charge on any atom is 0.328 e. The summed E-state index contributed by atoms with van der Waals surface area (Å²) in [5.74, 6) is 0.0288. The average molecular weight is 430 g/mol. The maximum absolute atomic E-state index is 10.7. The van der Waals surface area contributed by atoms with Crippen LogP contribution in [0.5, 0.6) is 5.75 Å². The lowest BCUT2D eigenvalue weighted by atomic mass is 9.58. The zero-order chi connectivity index (χ0) is 21.8. The van der Waals surface area contributed by atoms with Crippen molar-refractivity contribution in [3.05, 3.63) is 35.9 Å². The fraction of sp³-hybridized carbons (Fsp3) is 0.625. The highest BCUT2D eigenvalue weighted by molar-refractivity contribution is 5.85. The minimum atomic E-state index is -0.976. The van der Waals surface area contributed by atoms with Gasteiger partial charge in [-0.05, 0) is 61.8 Å². The largest absolute Gasteiger partial charge is 0.478 e. The molecule has 1 aliphatic carbocycles. The molecule has 7 heteroatoms. The van der Waals surface area contributed by atoms with E-state index in [1.807, 2.05) is 31.2 Å². The molecule has 5 aliphatic rings. The lowest BCUT2D eigenvalue weighted by molar-refractivity contribution is -0.575. The molecule has 2 bridgehead atoms. The normalized spacial score (nSPS) is 44.0. The predicted octanol–water partition coefficient (Wildman–Crippen LogP) is 4.37. The first-order valence-corrected chi connectivity index (χ1v) is 11.2. The summed E-state index contributed by atoms with van der Waals surface area (Å²) in [5, 5.41) is 8.78. The van der Waals surface area contributed by atoms with Gasteiger partial charge in [-0.3, -0.25) is 0 Å². The lowest BCUT2D eigenvalue weighted by Crippen LogP contribution is -2.70. The van der Waals surface area contributed by atoms with Crippen molar-refractivity contribution in [3.63, 3.8) is 0 Å². The standard InChI is InChI=1S/C24H30O7/c1-14-4-10-19-15(2)21(27-17-8-5-16(6-9-17)7-11-20(25)26)28-22-24(19)18(14)12-13-23(3,29-22)30-31-24/h5-9,11,14-15,18-19,21-22H,4,10,12-13H2,1-3H3,(H,25,26)/b11-7+/t14-,15-,18+,19+,21+,22-,23-,24-/m1/s1. The van der Waals surface area contributed by atoms with Crippen molar-refractivity contribution in [2.24, 2.45) is 23.7 Å². The number of carboxylic acids is 1. The Labute approximate surface area is 182 Å². The van der Waals surface area contributed by atoms with Gasteiger partial charge in [0.05, 0.1) is 0 Å².